The summed E-state index contributed by atoms with van der Waals surface area (Å²) in [4.78, 5) is 2.56. The van der Waals surface area contributed by atoms with Crippen LogP contribution in [0.1, 0.15) is 83.6 Å². The summed E-state index contributed by atoms with van der Waals surface area (Å²) in [5, 5.41) is 9.79. The van der Waals surface area contributed by atoms with Crippen molar-refractivity contribution in [3.63, 3.8) is 0 Å². The predicted molar refractivity (Wildman–Crippen MR) is 271 cm³/mol. The smallest absolute Gasteiger partial charge is 0.245 e. The average molecular weight is 839 g/mol. The van der Waals surface area contributed by atoms with Crippen molar-refractivity contribution < 1.29 is 8.83 Å². The van der Waals surface area contributed by atoms with Gasteiger partial charge in [0.25, 0.3) is 0 Å². The van der Waals surface area contributed by atoms with Crippen molar-refractivity contribution in [1.29, 1.82) is 0 Å². The second-order valence-corrected chi connectivity index (χ2v) is 21.6. The van der Waals surface area contributed by atoms with Crippen LogP contribution in [0.3, 0.4) is 0 Å². The molecule has 12 rings (SSSR count). The molecule has 4 nitrogen and oxygen atoms in total. The average Bonchev–Trinajstić information content (AvgIpc) is 3.95. The van der Waals surface area contributed by atoms with Crippen LogP contribution in [0, 0.1) is 6.92 Å². The second-order valence-electron chi connectivity index (χ2n) is 20.5. The Hall–Kier alpha value is -6.24. The lowest BCUT2D eigenvalue weighted by Crippen LogP contribution is -2.40. The summed E-state index contributed by atoms with van der Waals surface area (Å²) in [7, 11) is 0.610. The summed E-state index contributed by atoms with van der Waals surface area (Å²) in [6.07, 6.45) is 2.31. The van der Waals surface area contributed by atoms with E-state index in [1.807, 2.05) is 11.3 Å². The molecule has 10 aromatic rings. The molecule has 1 aliphatic heterocycles. The summed E-state index contributed by atoms with van der Waals surface area (Å²) in [6, 6.07) is 47.0. The third kappa shape index (κ3) is 5.80. The molecule has 3 aromatic heterocycles. The van der Waals surface area contributed by atoms with Crippen LogP contribution >= 0.6 is 11.3 Å². The number of hydrogen-bond acceptors (Lipinski definition) is 5. The molecule has 63 heavy (non-hydrogen) atoms. The van der Waals surface area contributed by atoms with E-state index in [0.717, 1.165) is 78.9 Å². The summed E-state index contributed by atoms with van der Waals surface area (Å²) in [5.41, 5.74) is 18.3. The molecule has 0 saturated heterocycles. The number of thiophene rings is 1. The van der Waals surface area contributed by atoms with Gasteiger partial charge in [0, 0.05) is 70.2 Å². The highest BCUT2D eigenvalue weighted by atomic mass is 32.1. The minimum atomic E-state index is 0.0321. The number of benzene rings is 7. The van der Waals surface area contributed by atoms with Gasteiger partial charge < -0.3 is 19.1 Å². The zero-order valence-corrected chi connectivity index (χ0v) is 38.2. The molecule has 2 aliphatic rings. The normalized spacial score (nSPS) is 15.5. The molecule has 0 saturated carbocycles. The monoisotopic (exact) mass is 838 g/mol. The topological polar surface area (TPSA) is 41.6 Å². The van der Waals surface area contributed by atoms with E-state index in [-0.39, 0.29) is 16.2 Å². The van der Waals surface area contributed by atoms with Crippen molar-refractivity contribution in [3.05, 3.63) is 150 Å². The van der Waals surface area contributed by atoms with Gasteiger partial charge in [-0.2, -0.15) is 0 Å². The molecule has 6 heteroatoms. The van der Waals surface area contributed by atoms with Gasteiger partial charge in [-0.15, -0.1) is 11.3 Å². The van der Waals surface area contributed by atoms with Crippen LogP contribution in [0.5, 0.6) is 0 Å². The van der Waals surface area contributed by atoms with E-state index in [2.05, 4.69) is 193 Å². The Balaban J connectivity index is 1.22. The third-order valence-electron chi connectivity index (χ3n) is 14.4. The SMILES string of the molecule is Cc1cc2c(cc1N1c3cc4c(oc5ccccc54)c(-c4c(Nc5ccc(C(C)(C)C)cc5)ccc5sc6ccccc6c45)c3Bc3oc4ccccc4c31)C(C)(C)CCC2(C)C. The van der Waals surface area contributed by atoms with Crippen LogP contribution < -0.4 is 21.3 Å². The molecule has 4 heterocycles. The highest BCUT2D eigenvalue weighted by molar-refractivity contribution is 7.26. The first-order valence-corrected chi connectivity index (χ1v) is 23.3. The standard InChI is InChI=1S/C57H51BN2O2S/c1-32-29-39-40(57(7,8)28-27-56(39,5)6)31-42(32)60-43-30-38-35-15-9-12-18-44(35)61-53(38)50(51(43)58-54-52(60)36-16-10-13-19-45(36)62-54)49-41(59-34-23-21-33(22-24-34)55(2,3)4)25-26-47-48(49)37-17-11-14-20-46(37)63-47/h9-26,29-31,58-59H,27-28H2,1-8H3. The molecule has 1 aliphatic carbocycles. The number of nitrogens with zero attached hydrogens (tertiary/aromatic N) is 1. The maximum atomic E-state index is 7.16. The molecular weight excluding hydrogens is 788 g/mol. The molecule has 0 radical (unpaired) electrons. The number of furan rings is 2. The van der Waals surface area contributed by atoms with Gasteiger partial charge in [0.05, 0.1) is 11.3 Å². The van der Waals surface area contributed by atoms with Crippen molar-refractivity contribution >= 4 is 111 Å². The van der Waals surface area contributed by atoms with Crippen molar-refractivity contribution in [1.82, 2.24) is 0 Å². The van der Waals surface area contributed by atoms with E-state index in [1.54, 1.807) is 0 Å². The fraction of sp³-hybridized carbons (Fsp3) is 0.228. The fourth-order valence-corrected chi connectivity index (χ4v) is 12.0. The van der Waals surface area contributed by atoms with Crippen molar-refractivity contribution in [2.75, 3.05) is 10.2 Å². The van der Waals surface area contributed by atoms with Crippen LogP contribution in [-0.4, -0.2) is 7.28 Å². The van der Waals surface area contributed by atoms with E-state index in [9.17, 15) is 0 Å². The minimum Gasteiger partial charge on any atom is -0.469 e. The van der Waals surface area contributed by atoms with Crippen LogP contribution in [0.25, 0.3) is 64.2 Å². The molecule has 0 unspecified atom stereocenters. The number of hydrogen-bond donors (Lipinski definition) is 1. The number of anilines is 5. The molecule has 1 N–H and O–H groups in total. The van der Waals surface area contributed by atoms with Gasteiger partial charge in [-0.3, -0.25) is 0 Å². The minimum absolute atomic E-state index is 0.0321. The first-order valence-electron chi connectivity index (χ1n) is 22.5. The lowest BCUT2D eigenvalue weighted by molar-refractivity contribution is 0.332. The van der Waals surface area contributed by atoms with E-state index in [4.69, 9.17) is 8.83 Å². The number of fused-ring (bicyclic) bond motifs is 11. The molecule has 0 atom stereocenters. The van der Waals surface area contributed by atoms with Gasteiger partial charge in [-0.25, -0.2) is 0 Å². The van der Waals surface area contributed by atoms with Crippen molar-refractivity contribution in [2.45, 2.75) is 84.5 Å². The Bertz CT molecular complexity index is 3520. The van der Waals surface area contributed by atoms with E-state index in [0.29, 0.717) is 7.28 Å². The Morgan fingerprint density at radius 1 is 0.635 bits per heavy atom. The van der Waals surface area contributed by atoms with Gasteiger partial charge in [0.1, 0.15) is 16.7 Å². The van der Waals surface area contributed by atoms with Gasteiger partial charge in [-0.1, -0.05) is 115 Å². The van der Waals surface area contributed by atoms with Crippen LogP contribution in [-0.2, 0) is 16.2 Å². The number of nitrogens with one attached hydrogen (secondary N) is 1. The molecule has 0 amide bonds. The van der Waals surface area contributed by atoms with Crippen LogP contribution in [0.2, 0.25) is 0 Å². The fourth-order valence-electron chi connectivity index (χ4n) is 10.8. The van der Waals surface area contributed by atoms with Gasteiger partial charge >= 0.3 is 0 Å². The molecule has 0 bridgehead atoms. The number of para-hydroxylation sites is 2. The lowest BCUT2D eigenvalue weighted by atomic mass is 9.60. The molecule has 7 aromatic carbocycles. The highest BCUT2D eigenvalue weighted by Crippen LogP contribution is 2.53. The number of rotatable bonds is 4. The third-order valence-corrected chi connectivity index (χ3v) is 15.6. The van der Waals surface area contributed by atoms with E-state index in [1.165, 1.54) is 60.0 Å². The summed E-state index contributed by atoms with van der Waals surface area (Å²) in [5.74, 6) is 0. The maximum absolute atomic E-state index is 7.16. The molecule has 0 fully saturated rings. The highest BCUT2D eigenvalue weighted by Gasteiger charge is 2.40. The second kappa shape index (κ2) is 13.4. The van der Waals surface area contributed by atoms with Gasteiger partial charge in [-0.05, 0) is 124 Å². The van der Waals surface area contributed by atoms with Crippen molar-refractivity contribution in [2.24, 2.45) is 0 Å². The molecule has 310 valence electrons. The first kappa shape index (κ1) is 38.4. The van der Waals surface area contributed by atoms with Crippen LogP contribution in [0.15, 0.2) is 136 Å². The Morgan fingerprint density at radius 3 is 2.02 bits per heavy atom. The van der Waals surface area contributed by atoms with E-state index < -0.39 is 0 Å². The maximum Gasteiger partial charge on any atom is 0.245 e. The largest absolute Gasteiger partial charge is 0.469 e. The van der Waals surface area contributed by atoms with Crippen molar-refractivity contribution in [3.8, 4) is 11.1 Å². The Kier molecular flexibility index (Phi) is 8.17. The molecule has 0 spiro atoms. The quantitative estimate of drug-likeness (QED) is 0.179. The number of aryl methyl sites for hydroxylation is 1. The van der Waals surface area contributed by atoms with Crippen LogP contribution in [0.4, 0.5) is 28.4 Å². The zero-order chi connectivity index (χ0) is 43.2. The lowest BCUT2D eigenvalue weighted by Gasteiger charge is -2.43. The zero-order valence-electron chi connectivity index (χ0n) is 37.4. The van der Waals surface area contributed by atoms with E-state index >= 15 is 0 Å². The summed E-state index contributed by atoms with van der Waals surface area (Å²) >= 11 is 1.85. The summed E-state index contributed by atoms with van der Waals surface area (Å²) in [6.45, 7) is 18.8. The first-order chi connectivity index (χ1) is 30.2. The Morgan fingerprint density at radius 2 is 1.29 bits per heavy atom. The summed E-state index contributed by atoms with van der Waals surface area (Å²) < 4.78 is 16.7. The van der Waals surface area contributed by atoms with Gasteiger partial charge in [0.15, 0.2) is 0 Å². The molecular formula is C57H51BN2O2S. The van der Waals surface area contributed by atoms with Gasteiger partial charge in [0.2, 0.25) is 7.28 Å². The predicted octanol–water partition coefficient (Wildman–Crippen LogP) is 15.2. The Labute approximate surface area is 373 Å².